The van der Waals surface area contributed by atoms with Gasteiger partial charge in [0.25, 0.3) is 0 Å². The zero-order valence-electron chi connectivity index (χ0n) is 14.8. The number of nitrogens with one attached hydrogen (secondary N) is 1. The number of benzene rings is 1. The van der Waals surface area contributed by atoms with Crippen molar-refractivity contribution in [3.05, 3.63) is 30.9 Å². The van der Waals surface area contributed by atoms with Crippen LogP contribution in [0.1, 0.15) is 19.3 Å². The summed E-state index contributed by atoms with van der Waals surface area (Å²) in [7, 11) is 0. The monoisotopic (exact) mass is 352 g/mol. The molecule has 7 heteroatoms. The third-order valence-electron chi connectivity index (χ3n) is 5.03. The van der Waals surface area contributed by atoms with Gasteiger partial charge in [0, 0.05) is 43.3 Å². The summed E-state index contributed by atoms with van der Waals surface area (Å²) in [6.07, 6.45) is 4.57. The average molecular weight is 352 g/mol. The van der Waals surface area contributed by atoms with Crippen molar-refractivity contribution in [2.24, 2.45) is 5.73 Å². The van der Waals surface area contributed by atoms with Gasteiger partial charge in [0.15, 0.2) is 0 Å². The van der Waals surface area contributed by atoms with E-state index in [0.717, 1.165) is 55.3 Å². The minimum absolute atomic E-state index is 0.182. The van der Waals surface area contributed by atoms with Gasteiger partial charge in [0.2, 0.25) is 11.9 Å². The molecule has 7 nitrogen and oxygen atoms in total. The van der Waals surface area contributed by atoms with Gasteiger partial charge in [0.05, 0.1) is 5.52 Å². The molecule has 0 aliphatic carbocycles. The highest BCUT2D eigenvalue weighted by atomic mass is 16.1. The van der Waals surface area contributed by atoms with Crippen molar-refractivity contribution in [2.75, 3.05) is 41.3 Å². The molecule has 0 spiro atoms. The van der Waals surface area contributed by atoms with Crippen molar-refractivity contribution >= 4 is 34.3 Å². The van der Waals surface area contributed by atoms with E-state index in [0.29, 0.717) is 5.69 Å². The third-order valence-corrected chi connectivity index (χ3v) is 5.03. The molecule has 3 N–H and O–H groups in total. The van der Waals surface area contributed by atoms with Crippen LogP contribution in [0.2, 0.25) is 0 Å². The number of rotatable bonds is 4. The summed E-state index contributed by atoms with van der Waals surface area (Å²) < 4.78 is 0. The molecule has 1 aromatic heterocycles. The third kappa shape index (κ3) is 3.22. The van der Waals surface area contributed by atoms with Crippen LogP contribution >= 0.6 is 0 Å². The summed E-state index contributed by atoms with van der Waals surface area (Å²) in [6.45, 7) is 7.17. The zero-order valence-corrected chi connectivity index (χ0v) is 14.8. The quantitative estimate of drug-likeness (QED) is 0.817. The molecule has 0 unspecified atom stereocenters. The van der Waals surface area contributed by atoms with Crippen molar-refractivity contribution in [1.82, 2.24) is 9.97 Å². The molecule has 0 saturated carbocycles. The maximum Gasteiger partial charge on any atom is 0.247 e. The van der Waals surface area contributed by atoms with Crippen LogP contribution in [0.25, 0.3) is 10.9 Å². The number of carbonyl (C=O) groups is 1. The first-order chi connectivity index (χ1) is 12.6. The van der Waals surface area contributed by atoms with Crippen LogP contribution in [0.3, 0.4) is 0 Å². The topological polar surface area (TPSA) is 87.4 Å². The fourth-order valence-electron chi connectivity index (χ4n) is 3.65. The standard InChI is InChI=1S/C19H24N6O/c1-2-17(26)21-14-5-6-15-16(11-14)22-19(24-8-3-4-9-24)23-18(15)25-10-7-13(20)12-25/h2,5-6,11,13H,1,3-4,7-10,12,20H2,(H,21,26)/t13-/m1/s1. The lowest BCUT2D eigenvalue weighted by atomic mass is 10.2. The first-order valence-corrected chi connectivity index (χ1v) is 9.15. The lowest BCUT2D eigenvalue weighted by Crippen LogP contribution is -2.28. The van der Waals surface area contributed by atoms with E-state index in [-0.39, 0.29) is 11.9 Å². The molecule has 2 saturated heterocycles. The van der Waals surface area contributed by atoms with Crippen LogP contribution in [-0.4, -0.2) is 48.1 Å². The molecule has 1 atom stereocenters. The van der Waals surface area contributed by atoms with E-state index in [1.54, 1.807) is 0 Å². The Morgan fingerprint density at radius 2 is 2.04 bits per heavy atom. The van der Waals surface area contributed by atoms with Gasteiger partial charge in [0.1, 0.15) is 5.82 Å². The Balaban J connectivity index is 1.79. The highest BCUT2D eigenvalue weighted by Gasteiger charge is 2.25. The van der Waals surface area contributed by atoms with Crippen molar-refractivity contribution in [3.63, 3.8) is 0 Å². The van der Waals surface area contributed by atoms with E-state index in [1.807, 2.05) is 18.2 Å². The molecule has 2 fully saturated rings. The minimum atomic E-state index is -0.232. The molecule has 26 heavy (non-hydrogen) atoms. The average Bonchev–Trinajstić information content (AvgIpc) is 3.32. The van der Waals surface area contributed by atoms with Gasteiger partial charge in [-0.05, 0) is 43.5 Å². The number of amides is 1. The van der Waals surface area contributed by atoms with E-state index >= 15 is 0 Å². The van der Waals surface area contributed by atoms with Gasteiger partial charge in [-0.2, -0.15) is 4.98 Å². The summed E-state index contributed by atoms with van der Waals surface area (Å²) >= 11 is 0. The second-order valence-corrected chi connectivity index (χ2v) is 6.96. The van der Waals surface area contributed by atoms with E-state index in [2.05, 4.69) is 21.7 Å². The number of fused-ring (bicyclic) bond motifs is 1. The molecular formula is C19H24N6O. The largest absolute Gasteiger partial charge is 0.354 e. The molecule has 4 rings (SSSR count). The molecule has 3 heterocycles. The van der Waals surface area contributed by atoms with Gasteiger partial charge >= 0.3 is 0 Å². The predicted octanol–water partition coefficient (Wildman–Crippen LogP) is 1.89. The van der Waals surface area contributed by atoms with Crippen LogP contribution < -0.4 is 20.9 Å². The van der Waals surface area contributed by atoms with Crippen molar-refractivity contribution in [1.29, 1.82) is 0 Å². The molecule has 1 amide bonds. The van der Waals surface area contributed by atoms with Crippen molar-refractivity contribution in [2.45, 2.75) is 25.3 Å². The van der Waals surface area contributed by atoms with Gasteiger partial charge in [-0.1, -0.05) is 6.58 Å². The highest BCUT2D eigenvalue weighted by molar-refractivity contribution is 6.01. The fraction of sp³-hybridized carbons (Fsp3) is 0.421. The van der Waals surface area contributed by atoms with Gasteiger partial charge < -0.3 is 20.9 Å². The van der Waals surface area contributed by atoms with E-state index in [4.69, 9.17) is 15.7 Å². The van der Waals surface area contributed by atoms with Crippen LogP contribution in [0.5, 0.6) is 0 Å². The minimum Gasteiger partial charge on any atom is -0.354 e. The molecule has 0 radical (unpaired) electrons. The summed E-state index contributed by atoms with van der Waals surface area (Å²) in [5, 5.41) is 3.79. The van der Waals surface area contributed by atoms with Crippen LogP contribution in [0, 0.1) is 0 Å². The Morgan fingerprint density at radius 3 is 2.73 bits per heavy atom. The number of nitrogens with two attached hydrogens (primary N) is 1. The summed E-state index contributed by atoms with van der Waals surface area (Å²) in [5.74, 6) is 1.47. The van der Waals surface area contributed by atoms with Gasteiger partial charge in [-0.15, -0.1) is 0 Å². The molecule has 2 aliphatic rings. The molecule has 1 aromatic carbocycles. The Kier molecular flexibility index (Phi) is 4.46. The van der Waals surface area contributed by atoms with Crippen LogP contribution in [-0.2, 0) is 4.79 Å². The van der Waals surface area contributed by atoms with Crippen molar-refractivity contribution < 1.29 is 4.79 Å². The van der Waals surface area contributed by atoms with Gasteiger partial charge in [-0.25, -0.2) is 4.98 Å². The zero-order chi connectivity index (χ0) is 18.1. The normalized spacial score (nSPS) is 20.0. The Hall–Kier alpha value is -2.67. The first kappa shape index (κ1) is 16.8. The van der Waals surface area contributed by atoms with E-state index in [9.17, 15) is 4.79 Å². The summed E-state index contributed by atoms with van der Waals surface area (Å²) in [5.41, 5.74) is 7.65. The molecular weight excluding hydrogens is 328 g/mol. The highest BCUT2D eigenvalue weighted by Crippen LogP contribution is 2.31. The lowest BCUT2D eigenvalue weighted by Gasteiger charge is -2.23. The molecule has 2 aromatic rings. The number of aromatic nitrogens is 2. The van der Waals surface area contributed by atoms with Crippen LogP contribution in [0.15, 0.2) is 30.9 Å². The Bertz CT molecular complexity index is 845. The number of hydrogen-bond acceptors (Lipinski definition) is 6. The summed E-state index contributed by atoms with van der Waals surface area (Å²) in [4.78, 5) is 25.8. The number of carbonyl (C=O) groups excluding carboxylic acids is 1. The summed E-state index contributed by atoms with van der Waals surface area (Å²) in [6, 6.07) is 5.93. The second-order valence-electron chi connectivity index (χ2n) is 6.96. The maximum atomic E-state index is 11.6. The fourth-order valence-corrected chi connectivity index (χ4v) is 3.65. The van der Waals surface area contributed by atoms with Crippen LogP contribution in [0.4, 0.5) is 17.5 Å². The number of anilines is 3. The first-order valence-electron chi connectivity index (χ1n) is 9.15. The lowest BCUT2D eigenvalue weighted by molar-refractivity contribution is -0.111. The SMILES string of the molecule is C=CC(=O)Nc1ccc2c(N3CC[C@@H](N)C3)nc(N3CCCC3)nc2c1. The van der Waals surface area contributed by atoms with E-state index in [1.165, 1.54) is 18.9 Å². The molecule has 2 aliphatic heterocycles. The Labute approximate surface area is 152 Å². The molecule has 0 bridgehead atoms. The Morgan fingerprint density at radius 1 is 1.23 bits per heavy atom. The second kappa shape index (κ2) is 6.92. The number of hydrogen-bond donors (Lipinski definition) is 2. The number of nitrogens with zero attached hydrogens (tertiary/aromatic N) is 4. The molecule has 136 valence electrons. The predicted molar refractivity (Wildman–Crippen MR) is 105 cm³/mol. The smallest absolute Gasteiger partial charge is 0.247 e. The van der Waals surface area contributed by atoms with Gasteiger partial charge in [-0.3, -0.25) is 4.79 Å². The van der Waals surface area contributed by atoms with Crippen molar-refractivity contribution in [3.8, 4) is 0 Å². The maximum absolute atomic E-state index is 11.6. The van der Waals surface area contributed by atoms with E-state index < -0.39 is 0 Å².